The Morgan fingerprint density at radius 2 is 1.94 bits per heavy atom. The van der Waals surface area contributed by atoms with E-state index in [1.54, 1.807) is 18.2 Å². The Bertz CT molecular complexity index is 365. The van der Waals surface area contributed by atoms with E-state index in [-0.39, 0.29) is 11.3 Å². The molecule has 17 heavy (non-hydrogen) atoms. The zero-order chi connectivity index (χ0) is 12.7. The van der Waals surface area contributed by atoms with Crippen molar-refractivity contribution in [1.82, 2.24) is 4.90 Å². The molecule has 0 heterocycles. The number of hydrogen-bond donors (Lipinski definition) is 0. The summed E-state index contributed by atoms with van der Waals surface area (Å²) < 4.78 is 13.4. The molecule has 3 heteroatoms. The molecular formula is C14H20FNO. The predicted molar refractivity (Wildman–Crippen MR) is 67.8 cm³/mol. The summed E-state index contributed by atoms with van der Waals surface area (Å²) >= 11 is 0. The van der Waals surface area contributed by atoms with Gasteiger partial charge in [0.15, 0.2) is 5.78 Å². The highest BCUT2D eigenvalue weighted by Crippen LogP contribution is 2.09. The van der Waals surface area contributed by atoms with Gasteiger partial charge in [0.05, 0.1) is 5.56 Å². The summed E-state index contributed by atoms with van der Waals surface area (Å²) in [5, 5.41) is 0. The van der Waals surface area contributed by atoms with Crippen molar-refractivity contribution < 1.29 is 9.18 Å². The molecule has 0 saturated heterocycles. The van der Waals surface area contributed by atoms with Crippen LogP contribution in [0.2, 0.25) is 0 Å². The van der Waals surface area contributed by atoms with E-state index in [0.29, 0.717) is 13.0 Å². The van der Waals surface area contributed by atoms with Crippen molar-refractivity contribution in [2.24, 2.45) is 0 Å². The smallest absolute Gasteiger partial charge is 0.167 e. The van der Waals surface area contributed by atoms with Crippen LogP contribution >= 0.6 is 0 Å². The summed E-state index contributed by atoms with van der Waals surface area (Å²) in [6, 6.07) is 6.17. The van der Waals surface area contributed by atoms with Crippen LogP contribution in [-0.2, 0) is 0 Å². The first kappa shape index (κ1) is 13.8. The van der Waals surface area contributed by atoms with E-state index < -0.39 is 5.82 Å². The summed E-state index contributed by atoms with van der Waals surface area (Å²) in [6.07, 6.45) is 1.45. The van der Waals surface area contributed by atoms with Gasteiger partial charge in [-0.1, -0.05) is 26.0 Å². The molecule has 1 rings (SSSR count). The molecule has 0 amide bonds. The van der Waals surface area contributed by atoms with E-state index in [1.165, 1.54) is 6.07 Å². The zero-order valence-corrected chi connectivity index (χ0v) is 10.6. The quantitative estimate of drug-likeness (QED) is 0.679. The minimum atomic E-state index is -0.420. The number of carbonyl (C=O) groups is 1. The Kier molecular flexibility index (Phi) is 5.84. The van der Waals surface area contributed by atoms with Crippen LogP contribution < -0.4 is 0 Å². The average Bonchev–Trinajstić information content (AvgIpc) is 2.34. The molecule has 1 aromatic rings. The molecule has 0 saturated carbocycles. The molecule has 0 atom stereocenters. The monoisotopic (exact) mass is 237 g/mol. The highest BCUT2D eigenvalue weighted by atomic mass is 19.1. The van der Waals surface area contributed by atoms with Crippen molar-refractivity contribution in [2.75, 3.05) is 19.6 Å². The van der Waals surface area contributed by atoms with Crippen LogP contribution in [0.1, 0.15) is 37.0 Å². The lowest BCUT2D eigenvalue weighted by Gasteiger charge is -2.18. The fourth-order valence-electron chi connectivity index (χ4n) is 1.83. The van der Waals surface area contributed by atoms with Gasteiger partial charge in [-0.25, -0.2) is 4.39 Å². The Hall–Kier alpha value is -1.22. The third-order valence-corrected chi connectivity index (χ3v) is 2.82. The van der Waals surface area contributed by atoms with Gasteiger partial charge in [0, 0.05) is 13.0 Å². The maximum absolute atomic E-state index is 13.4. The van der Waals surface area contributed by atoms with Gasteiger partial charge in [0.2, 0.25) is 0 Å². The molecule has 0 radical (unpaired) electrons. The maximum atomic E-state index is 13.4. The van der Waals surface area contributed by atoms with Crippen LogP contribution in [0.25, 0.3) is 0 Å². The van der Waals surface area contributed by atoms with Gasteiger partial charge in [-0.3, -0.25) is 4.79 Å². The molecule has 0 N–H and O–H groups in total. The van der Waals surface area contributed by atoms with Gasteiger partial charge in [0.25, 0.3) is 0 Å². The van der Waals surface area contributed by atoms with Crippen LogP contribution in [-0.4, -0.2) is 30.3 Å². The SMILES string of the molecule is CCCN(CC)CCC(=O)c1ccccc1F. The van der Waals surface area contributed by atoms with Gasteiger partial charge in [-0.05, 0) is 31.6 Å². The number of hydrogen-bond acceptors (Lipinski definition) is 2. The van der Waals surface area contributed by atoms with Crippen LogP contribution in [0.5, 0.6) is 0 Å². The largest absolute Gasteiger partial charge is 0.303 e. The van der Waals surface area contributed by atoms with E-state index in [1.807, 2.05) is 0 Å². The van der Waals surface area contributed by atoms with Crippen molar-refractivity contribution >= 4 is 5.78 Å². The summed E-state index contributed by atoms with van der Waals surface area (Å²) in [5.74, 6) is -0.534. The van der Waals surface area contributed by atoms with Gasteiger partial charge >= 0.3 is 0 Å². The van der Waals surface area contributed by atoms with Gasteiger partial charge in [-0.15, -0.1) is 0 Å². The number of halogens is 1. The minimum Gasteiger partial charge on any atom is -0.303 e. The Labute approximate surface area is 102 Å². The van der Waals surface area contributed by atoms with E-state index in [4.69, 9.17) is 0 Å². The van der Waals surface area contributed by atoms with Crippen LogP contribution in [0.3, 0.4) is 0 Å². The fraction of sp³-hybridized carbons (Fsp3) is 0.500. The highest BCUT2D eigenvalue weighted by molar-refractivity contribution is 5.96. The number of carbonyl (C=O) groups excluding carboxylic acids is 1. The molecule has 0 spiro atoms. The van der Waals surface area contributed by atoms with Crippen LogP contribution in [0.4, 0.5) is 4.39 Å². The Morgan fingerprint density at radius 1 is 1.24 bits per heavy atom. The molecule has 0 unspecified atom stereocenters. The molecule has 1 aromatic carbocycles. The lowest BCUT2D eigenvalue weighted by Crippen LogP contribution is -2.27. The third-order valence-electron chi connectivity index (χ3n) is 2.82. The number of rotatable bonds is 7. The fourth-order valence-corrected chi connectivity index (χ4v) is 1.83. The molecule has 0 aliphatic carbocycles. The topological polar surface area (TPSA) is 20.3 Å². The van der Waals surface area contributed by atoms with Crippen LogP contribution in [0, 0.1) is 5.82 Å². The van der Waals surface area contributed by atoms with Gasteiger partial charge < -0.3 is 4.90 Å². The summed E-state index contributed by atoms with van der Waals surface area (Å²) in [6.45, 7) is 6.81. The number of nitrogens with zero attached hydrogens (tertiary/aromatic N) is 1. The first-order valence-corrected chi connectivity index (χ1v) is 6.19. The lowest BCUT2D eigenvalue weighted by atomic mass is 10.1. The number of benzene rings is 1. The normalized spacial score (nSPS) is 10.8. The third kappa shape index (κ3) is 4.27. The van der Waals surface area contributed by atoms with Gasteiger partial charge in [-0.2, -0.15) is 0 Å². The first-order valence-electron chi connectivity index (χ1n) is 6.19. The number of Topliss-reactive ketones (excluding diaryl/α,β-unsaturated/α-hetero) is 1. The molecule has 0 aliphatic heterocycles. The van der Waals surface area contributed by atoms with Crippen molar-refractivity contribution in [1.29, 1.82) is 0 Å². The Morgan fingerprint density at radius 3 is 2.53 bits per heavy atom. The molecule has 94 valence electrons. The van der Waals surface area contributed by atoms with Crippen molar-refractivity contribution in [3.63, 3.8) is 0 Å². The average molecular weight is 237 g/mol. The van der Waals surface area contributed by atoms with E-state index in [2.05, 4.69) is 18.7 Å². The second kappa shape index (κ2) is 7.17. The van der Waals surface area contributed by atoms with Crippen molar-refractivity contribution in [3.8, 4) is 0 Å². The maximum Gasteiger partial charge on any atom is 0.167 e. The van der Waals surface area contributed by atoms with Crippen molar-refractivity contribution in [3.05, 3.63) is 35.6 Å². The number of ketones is 1. The standard InChI is InChI=1S/C14H20FNO/c1-3-10-16(4-2)11-9-14(17)12-7-5-6-8-13(12)15/h5-8H,3-4,9-11H2,1-2H3. The molecule has 0 aromatic heterocycles. The van der Waals surface area contributed by atoms with Gasteiger partial charge in [0.1, 0.15) is 5.82 Å². The summed E-state index contributed by atoms with van der Waals surface area (Å²) in [4.78, 5) is 14.0. The minimum absolute atomic E-state index is 0.113. The highest BCUT2D eigenvalue weighted by Gasteiger charge is 2.12. The lowest BCUT2D eigenvalue weighted by molar-refractivity contribution is 0.0961. The predicted octanol–water partition coefficient (Wildman–Crippen LogP) is 3.13. The summed E-state index contributed by atoms with van der Waals surface area (Å²) in [5.41, 5.74) is 0.208. The van der Waals surface area contributed by atoms with E-state index >= 15 is 0 Å². The second-order valence-electron chi connectivity index (χ2n) is 4.09. The summed E-state index contributed by atoms with van der Waals surface area (Å²) in [7, 11) is 0. The first-order chi connectivity index (χ1) is 8.19. The molecular weight excluding hydrogens is 217 g/mol. The molecule has 2 nitrogen and oxygen atoms in total. The van der Waals surface area contributed by atoms with E-state index in [9.17, 15) is 9.18 Å². The van der Waals surface area contributed by atoms with Crippen LogP contribution in [0.15, 0.2) is 24.3 Å². The zero-order valence-electron chi connectivity index (χ0n) is 10.6. The second-order valence-corrected chi connectivity index (χ2v) is 4.09. The van der Waals surface area contributed by atoms with Crippen molar-refractivity contribution in [2.45, 2.75) is 26.7 Å². The van der Waals surface area contributed by atoms with E-state index in [0.717, 1.165) is 19.5 Å². The molecule has 0 bridgehead atoms. The Balaban J connectivity index is 2.52. The molecule has 0 fully saturated rings. The molecule has 0 aliphatic rings.